The van der Waals surface area contributed by atoms with Gasteiger partial charge in [-0.3, -0.25) is 10.2 Å². The number of nitrogens with zero attached hydrogens (tertiary/aromatic N) is 4. The molecule has 172 valence electrons. The Labute approximate surface area is 188 Å². The number of hydrogen-bond acceptors (Lipinski definition) is 5. The lowest BCUT2D eigenvalue weighted by Crippen LogP contribution is -2.41. The molecule has 1 aromatic carbocycles. The highest BCUT2D eigenvalue weighted by atomic mass is 19.4. The number of halogens is 3. The zero-order valence-electron chi connectivity index (χ0n) is 17.8. The van der Waals surface area contributed by atoms with Gasteiger partial charge in [-0.15, -0.1) is 0 Å². The minimum Gasteiger partial charge on any atom is -0.389 e. The Kier molecular flexibility index (Phi) is 6.19. The van der Waals surface area contributed by atoms with Crippen LogP contribution in [0.1, 0.15) is 12.5 Å². The van der Waals surface area contributed by atoms with Crippen LogP contribution in [0, 0.1) is 0 Å². The minimum atomic E-state index is -4.49. The van der Waals surface area contributed by atoms with Crippen LogP contribution in [0.15, 0.2) is 60.8 Å². The first-order chi connectivity index (χ1) is 15.8. The Morgan fingerprint density at radius 1 is 1.15 bits per heavy atom. The molecule has 7 nitrogen and oxygen atoms in total. The first-order valence-corrected chi connectivity index (χ1v) is 10.4. The van der Waals surface area contributed by atoms with E-state index in [1.54, 1.807) is 30.3 Å². The molecule has 4 rings (SSSR count). The van der Waals surface area contributed by atoms with Gasteiger partial charge in [0, 0.05) is 24.8 Å². The molecule has 33 heavy (non-hydrogen) atoms. The van der Waals surface area contributed by atoms with E-state index in [0.29, 0.717) is 18.1 Å². The molecule has 3 aromatic rings. The van der Waals surface area contributed by atoms with Gasteiger partial charge in [0.1, 0.15) is 5.82 Å². The molecule has 0 spiro atoms. The van der Waals surface area contributed by atoms with E-state index >= 15 is 0 Å². The number of rotatable bonds is 3. The SMILES string of the molecule is CCN1C[C@H](O)CN(C(=O)Nc2ccccn2)c2nc(-c3cccc(C(F)(F)F)c3)ccc21. The Morgan fingerprint density at radius 3 is 2.67 bits per heavy atom. The van der Waals surface area contributed by atoms with Crippen LogP contribution in [-0.2, 0) is 6.18 Å². The molecule has 0 saturated heterocycles. The van der Waals surface area contributed by atoms with Gasteiger partial charge in [-0.2, -0.15) is 13.2 Å². The Balaban J connectivity index is 1.77. The summed E-state index contributed by atoms with van der Waals surface area (Å²) in [5, 5.41) is 13.2. The first-order valence-electron chi connectivity index (χ1n) is 10.4. The van der Waals surface area contributed by atoms with Crippen LogP contribution in [0.4, 0.5) is 35.3 Å². The van der Waals surface area contributed by atoms with Crippen molar-refractivity contribution in [1.29, 1.82) is 0 Å². The van der Waals surface area contributed by atoms with Gasteiger partial charge < -0.3 is 10.0 Å². The smallest absolute Gasteiger partial charge is 0.389 e. The topological polar surface area (TPSA) is 81.6 Å². The van der Waals surface area contributed by atoms with Crippen LogP contribution in [0.25, 0.3) is 11.3 Å². The van der Waals surface area contributed by atoms with Crippen molar-refractivity contribution in [3.63, 3.8) is 0 Å². The fraction of sp³-hybridized carbons (Fsp3) is 0.261. The van der Waals surface area contributed by atoms with Crippen molar-refractivity contribution in [3.05, 3.63) is 66.4 Å². The van der Waals surface area contributed by atoms with Crippen molar-refractivity contribution >= 4 is 23.4 Å². The maximum Gasteiger partial charge on any atom is 0.416 e. The quantitative estimate of drug-likeness (QED) is 0.609. The molecule has 0 bridgehead atoms. The van der Waals surface area contributed by atoms with Crippen LogP contribution >= 0.6 is 0 Å². The number of aliphatic hydroxyl groups is 1. The lowest BCUT2D eigenvalue weighted by Gasteiger charge is -2.25. The third-order valence-corrected chi connectivity index (χ3v) is 5.29. The summed E-state index contributed by atoms with van der Waals surface area (Å²) in [4.78, 5) is 24.9. The first kappa shape index (κ1) is 22.5. The third-order valence-electron chi connectivity index (χ3n) is 5.29. The molecule has 0 aliphatic carbocycles. The van der Waals surface area contributed by atoms with E-state index in [1.165, 1.54) is 23.2 Å². The molecule has 2 amide bonds. The monoisotopic (exact) mass is 457 g/mol. The number of β-amino-alcohol motifs (C(OH)–C–C–N with tert-alkyl or cyclic N) is 1. The molecule has 0 fully saturated rings. The molecule has 1 aliphatic heterocycles. The molecule has 0 saturated carbocycles. The molecule has 3 heterocycles. The number of anilines is 3. The molecule has 10 heteroatoms. The number of benzene rings is 1. The van der Waals surface area contributed by atoms with Crippen LogP contribution < -0.4 is 15.1 Å². The van der Waals surface area contributed by atoms with Crippen LogP contribution in [0.3, 0.4) is 0 Å². The lowest BCUT2D eigenvalue weighted by molar-refractivity contribution is -0.137. The number of carbonyl (C=O) groups is 1. The number of urea groups is 1. The highest BCUT2D eigenvalue weighted by Gasteiger charge is 2.32. The average Bonchev–Trinajstić information content (AvgIpc) is 2.95. The minimum absolute atomic E-state index is 0.0405. The van der Waals surface area contributed by atoms with E-state index in [1.807, 2.05) is 11.8 Å². The van der Waals surface area contributed by atoms with Gasteiger partial charge in [-0.1, -0.05) is 18.2 Å². The molecule has 0 radical (unpaired) electrons. The van der Waals surface area contributed by atoms with Crippen molar-refractivity contribution < 1.29 is 23.1 Å². The van der Waals surface area contributed by atoms with Crippen LogP contribution in [0.2, 0.25) is 0 Å². The zero-order chi connectivity index (χ0) is 23.6. The van der Waals surface area contributed by atoms with E-state index in [0.717, 1.165) is 12.1 Å². The highest BCUT2D eigenvalue weighted by molar-refractivity contribution is 6.03. The number of pyridine rings is 2. The number of aromatic nitrogens is 2. The number of likely N-dealkylation sites (N-methyl/N-ethyl adjacent to an activating group) is 1. The molecule has 0 unspecified atom stereocenters. The highest BCUT2D eigenvalue weighted by Crippen LogP contribution is 2.36. The number of amides is 2. The van der Waals surface area contributed by atoms with E-state index in [4.69, 9.17) is 0 Å². The van der Waals surface area contributed by atoms with Gasteiger partial charge in [0.15, 0.2) is 5.82 Å². The average molecular weight is 457 g/mol. The van der Waals surface area contributed by atoms with Gasteiger partial charge in [0.05, 0.1) is 29.6 Å². The van der Waals surface area contributed by atoms with Gasteiger partial charge in [-0.25, -0.2) is 14.8 Å². The number of hydrogen-bond donors (Lipinski definition) is 2. The molecular weight excluding hydrogens is 435 g/mol. The van der Waals surface area contributed by atoms with Crippen molar-refractivity contribution in [2.45, 2.75) is 19.2 Å². The summed E-state index contributed by atoms with van der Waals surface area (Å²) in [6, 6.07) is 12.7. The van der Waals surface area contributed by atoms with Gasteiger partial charge >= 0.3 is 12.2 Å². The fourth-order valence-electron chi connectivity index (χ4n) is 3.70. The van der Waals surface area contributed by atoms with Crippen molar-refractivity contribution in [3.8, 4) is 11.3 Å². The van der Waals surface area contributed by atoms with E-state index in [9.17, 15) is 23.1 Å². The maximum atomic E-state index is 13.2. The largest absolute Gasteiger partial charge is 0.416 e. The normalized spacial score (nSPS) is 16.2. The molecular formula is C23H22F3N5O2. The standard InChI is InChI=1S/C23H22F3N5O2/c1-2-30-13-17(32)14-31(22(33)29-20-8-3-4-11-27-20)21-19(30)10-9-18(28-21)15-6-5-7-16(12-15)23(24,25)26/h3-12,17,32H,2,13-14H2,1H3,(H,27,29,33)/t17-/m0/s1. The molecule has 1 atom stereocenters. The van der Waals surface area contributed by atoms with Crippen LogP contribution in [0.5, 0.6) is 0 Å². The fourth-order valence-corrected chi connectivity index (χ4v) is 3.70. The predicted molar refractivity (Wildman–Crippen MR) is 119 cm³/mol. The van der Waals surface area contributed by atoms with Gasteiger partial charge in [-0.05, 0) is 43.3 Å². The van der Waals surface area contributed by atoms with Crippen molar-refractivity contribution in [1.82, 2.24) is 9.97 Å². The van der Waals surface area contributed by atoms with E-state index < -0.39 is 23.9 Å². The second-order valence-corrected chi connectivity index (χ2v) is 7.57. The van der Waals surface area contributed by atoms with E-state index in [-0.39, 0.29) is 30.2 Å². The summed E-state index contributed by atoms with van der Waals surface area (Å²) in [6.45, 7) is 2.69. The second kappa shape index (κ2) is 9.07. The number of aliphatic hydroxyl groups excluding tert-OH is 1. The summed E-state index contributed by atoms with van der Waals surface area (Å²) in [5.74, 6) is 0.570. The number of nitrogens with one attached hydrogen (secondary N) is 1. The van der Waals surface area contributed by atoms with E-state index in [2.05, 4.69) is 15.3 Å². The molecule has 2 N–H and O–H groups in total. The number of carbonyl (C=O) groups excluding carboxylic acids is 1. The van der Waals surface area contributed by atoms with Crippen molar-refractivity contribution in [2.24, 2.45) is 0 Å². The summed E-state index contributed by atoms with van der Waals surface area (Å²) >= 11 is 0. The summed E-state index contributed by atoms with van der Waals surface area (Å²) in [7, 11) is 0. The zero-order valence-corrected chi connectivity index (χ0v) is 17.8. The summed E-state index contributed by atoms with van der Waals surface area (Å²) in [5.41, 5.74) is 0.363. The van der Waals surface area contributed by atoms with Gasteiger partial charge in [0.25, 0.3) is 0 Å². The van der Waals surface area contributed by atoms with Crippen LogP contribution in [-0.4, -0.2) is 46.8 Å². The Bertz CT molecular complexity index is 1140. The number of fused-ring (bicyclic) bond motifs is 1. The predicted octanol–water partition coefficient (Wildman–Crippen LogP) is 4.40. The number of alkyl halides is 3. The summed E-state index contributed by atoms with van der Waals surface area (Å²) < 4.78 is 39.6. The Morgan fingerprint density at radius 2 is 1.97 bits per heavy atom. The second-order valence-electron chi connectivity index (χ2n) is 7.57. The van der Waals surface area contributed by atoms with Gasteiger partial charge in [0.2, 0.25) is 0 Å². The maximum absolute atomic E-state index is 13.2. The third kappa shape index (κ3) is 4.90. The lowest BCUT2D eigenvalue weighted by atomic mass is 10.1. The Hall–Kier alpha value is -3.66. The molecule has 1 aliphatic rings. The summed E-state index contributed by atoms with van der Waals surface area (Å²) in [6.07, 6.45) is -3.81. The van der Waals surface area contributed by atoms with Crippen molar-refractivity contribution in [2.75, 3.05) is 34.8 Å². The molecule has 2 aromatic heterocycles.